The zero-order valence-electron chi connectivity index (χ0n) is 10.2. The zero-order valence-corrected chi connectivity index (χ0v) is 10.2. The van der Waals surface area contributed by atoms with E-state index in [1.165, 1.54) is 0 Å². The summed E-state index contributed by atoms with van der Waals surface area (Å²) >= 11 is 0. The summed E-state index contributed by atoms with van der Waals surface area (Å²) in [5.41, 5.74) is 1.87. The summed E-state index contributed by atoms with van der Waals surface area (Å²) in [4.78, 5) is 23.2. The number of para-hydroxylation sites is 1. The topological polar surface area (TPSA) is 43.4 Å². The predicted octanol–water partition coefficient (Wildman–Crippen LogP) is 3.21. The van der Waals surface area contributed by atoms with E-state index in [9.17, 15) is 9.59 Å². The molecule has 1 aliphatic heterocycles. The van der Waals surface area contributed by atoms with E-state index in [4.69, 9.17) is 4.74 Å². The number of ketones is 1. The van der Waals surface area contributed by atoms with Crippen LogP contribution >= 0.6 is 0 Å². The first-order valence-corrected chi connectivity index (χ1v) is 6.12. The van der Waals surface area contributed by atoms with Crippen molar-refractivity contribution in [2.75, 3.05) is 0 Å². The average Bonchev–Trinajstić information content (AvgIpc) is 2.47. The molecule has 1 heterocycles. The molecule has 2 aromatic rings. The van der Waals surface area contributed by atoms with Gasteiger partial charge in [-0.1, -0.05) is 36.4 Å². The summed E-state index contributed by atoms with van der Waals surface area (Å²) in [6.45, 7) is 0. The molecule has 0 aliphatic carbocycles. The molecule has 1 atom stereocenters. The minimum Gasteiger partial charge on any atom is -0.484 e. The lowest BCUT2D eigenvalue weighted by atomic mass is 9.95. The number of fused-ring (bicyclic) bond motifs is 1. The number of aldehydes is 1. The third-order valence-corrected chi connectivity index (χ3v) is 3.28. The van der Waals surface area contributed by atoms with Crippen LogP contribution in [0.15, 0.2) is 48.5 Å². The quantitative estimate of drug-likeness (QED) is 0.771. The first-order valence-electron chi connectivity index (χ1n) is 6.12. The molecule has 0 spiro atoms. The molecule has 1 aliphatic rings. The summed E-state index contributed by atoms with van der Waals surface area (Å²) in [5, 5.41) is 0. The minimum atomic E-state index is -0.317. The second-order valence-corrected chi connectivity index (χ2v) is 4.49. The SMILES string of the molecule is O=Cc1cccc2c1OC(c1ccccc1)CC2=O. The van der Waals surface area contributed by atoms with Crippen molar-refractivity contribution in [2.45, 2.75) is 12.5 Å². The normalized spacial score (nSPS) is 17.5. The molecular weight excluding hydrogens is 240 g/mol. The van der Waals surface area contributed by atoms with E-state index in [2.05, 4.69) is 0 Å². The Kier molecular flexibility index (Phi) is 2.88. The second-order valence-electron chi connectivity index (χ2n) is 4.49. The van der Waals surface area contributed by atoms with E-state index < -0.39 is 0 Å². The molecule has 94 valence electrons. The largest absolute Gasteiger partial charge is 0.484 e. The second kappa shape index (κ2) is 4.69. The highest BCUT2D eigenvalue weighted by Crippen LogP contribution is 2.36. The van der Waals surface area contributed by atoms with Gasteiger partial charge in [0.1, 0.15) is 11.9 Å². The average molecular weight is 252 g/mol. The maximum atomic E-state index is 12.1. The highest BCUT2D eigenvalue weighted by molar-refractivity contribution is 6.02. The van der Waals surface area contributed by atoms with Gasteiger partial charge in [0.25, 0.3) is 0 Å². The molecule has 0 saturated heterocycles. The highest BCUT2D eigenvalue weighted by Gasteiger charge is 2.29. The Morgan fingerprint density at radius 3 is 2.58 bits per heavy atom. The molecule has 0 N–H and O–H groups in total. The van der Waals surface area contributed by atoms with Crippen LogP contribution in [0.1, 0.15) is 38.8 Å². The molecule has 3 heteroatoms. The fourth-order valence-corrected chi connectivity index (χ4v) is 2.31. The van der Waals surface area contributed by atoms with Crippen molar-refractivity contribution in [3.05, 3.63) is 65.2 Å². The maximum absolute atomic E-state index is 12.1. The molecule has 0 saturated carbocycles. The van der Waals surface area contributed by atoms with Gasteiger partial charge in [0.2, 0.25) is 0 Å². The zero-order chi connectivity index (χ0) is 13.2. The molecular formula is C16H12O3. The van der Waals surface area contributed by atoms with Crippen LogP contribution in [0.2, 0.25) is 0 Å². The van der Waals surface area contributed by atoms with E-state index in [-0.39, 0.29) is 11.9 Å². The van der Waals surface area contributed by atoms with Gasteiger partial charge in [-0.25, -0.2) is 0 Å². The monoisotopic (exact) mass is 252 g/mol. The van der Waals surface area contributed by atoms with Crippen molar-refractivity contribution in [1.29, 1.82) is 0 Å². The van der Waals surface area contributed by atoms with Gasteiger partial charge in [-0.05, 0) is 17.7 Å². The molecule has 0 fully saturated rings. The summed E-state index contributed by atoms with van der Waals surface area (Å²) in [6, 6.07) is 14.6. The van der Waals surface area contributed by atoms with Crippen LogP contribution in [-0.4, -0.2) is 12.1 Å². The lowest BCUT2D eigenvalue weighted by Crippen LogP contribution is -2.21. The van der Waals surface area contributed by atoms with Gasteiger partial charge in [-0.2, -0.15) is 0 Å². The number of carbonyl (C=O) groups excluding carboxylic acids is 2. The predicted molar refractivity (Wildman–Crippen MR) is 70.6 cm³/mol. The number of rotatable bonds is 2. The van der Waals surface area contributed by atoms with Crippen LogP contribution in [0.4, 0.5) is 0 Å². The van der Waals surface area contributed by atoms with E-state index >= 15 is 0 Å². The van der Waals surface area contributed by atoms with Gasteiger partial charge in [0.15, 0.2) is 12.1 Å². The van der Waals surface area contributed by atoms with E-state index in [1.54, 1.807) is 18.2 Å². The maximum Gasteiger partial charge on any atom is 0.170 e. The summed E-state index contributed by atoms with van der Waals surface area (Å²) in [7, 11) is 0. The molecule has 0 bridgehead atoms. The molecule has 2 aromatic carbocycles. The number of ether oxygens (including phenoxy) is 1. The van der Waals surface area contributed by atoms with Crippen LogP contribution in [0.5, 0.6) is 5.75 Å². The summed E-state index contributed by atoms with van der Waals surface area (Å²) < 4.78 is 5.86. The Hall–Kier alpha value is -2.42. The Morgan fingerprint density at radius 2 is 1.84 bits per heavy atom. The Labute approximate surface area is 110 Å². The van der Waals surface area contributed by atoms with Crippen LogP contribution < -0.4 is 4.74 Å². The smallest absolute Gasteiger partial charge is 0.170 e. The third kappa shape index (κ3) is 2.03. The van der Waals surface area contributed by atoms with Gasteiger partial charge < -0.3 is 4.74 Å². The van der Waals surface area contributed by atoms with Crippen LogP contribution in [0.25, 0.3) is 0 Å². The van der Waals surface area contributed by atoms with Gasteiger partial charge in [0.05, 0.1) is 17.5 Å². The Bertz CT molecular complexity index is 632. The lowest BCUT2D eigenvalue weighted by molar-refractivity contribution is 0.0847. The van der Waals surface area contributed by atoms with Crippen LogP contribution in [0, 0.1) is 0 Å². The van der Waals surface area contributed by atoms with E-state index in [0.29, 0.717) is 23.3 Å². The van der Waals surface area contributed by atoms with Gasteiger partial charge >= 0.3 is 0 Å². The number of Topliss-reactive ketones (excluding diaryl/α,β-unsaturated/α-hetero) is 1. The van der Waals surface area contributed by atoms with Crippen molar-refractivity contribution in [3.63, 3.8) is 0 Å². The number of benzene rings is 2. The molecule has 1 unspecified atom stereocenters. The van der Waals surface area contributed by atoms with E-state index in [0.717, 1.165) is 11.8 Å². The lowest BCUT2D eigenvalue weighted by Gasteiger charge is -2.26. The number of hydrogen-bond acceptors (Lipinski definition) is 3. The first kappa shape index (κ1) is 11.7. The third-order valence-electron chi connectivity index (χ3n) is 3.28. The fraction of sp³-hybridized carbons (Fsp3) is 0.125. The van der Waals surface area contributed by atoms with Gasteiger partial charge in [-0.15, -0.1) is 0 Å². The first-order chi connectivity index (χ1) is 9.29. The van der Waals surface area contributed by atoms with Crippen molar-refractivity contribution in [2.24, 2.45) is 0 Å². The Balaban J connectivity index is 2.04. The Morgan fingerprint density at radius 1 is 1.05 bits per heavy atom. The van der Waals surface area contributed by atoms with Crippen LogP contribution in [0.3, 0.4) is 0 Å². The molecule has 0 radical (unpaired) electrons. The standard InChI is InChI=1S/C16H12O3/c17-10-12-7-4-8-13-14(18)9-15(19-16(12)13)11-5-2-1-3-6-11/h1-8,10,15H,9H2. The van der Waals surface area contributed by atoms with E-state index in [1.807, 2.05) is 30.3 Å². The number of carbonyl (C=O) groups is 2. The number of hydrogen-bond donors (Lipinski definition) is 0. The van der Waals surface area contributed by atoms with Gasteiger partial charge in [-0.3, -0.25) is 9.59 Å². The minimum absolute atomic E-state index is 0.0128. The van der Waals surface area contributed by atoms with Crippen molar-refractivity contribution >= 4 is 12.1 Å². The summed E-state index contributed by atoms with van der Waals surface area (Å²) in [6.07, 6.45) is 0.709. The van der Waals surface area contributed by atoms with Gasteiger partial charge in [0, 0.05) is 0 Å². The molecule has 3 nitrogen and oxygen atoms in total. The summed E-state index contributed by atoms with van der Waals surface area (Å²) in [5.74, 6) is 0.418. The molecule has 0 aromatic heterocycles. The van der Waals surface area contributed by atoms with Crippen LogP contribution in [-0.2, 0) is 0 Å². The molecule has 0 amide bonds. The van der Waals surface area contributed by atoms with Crippen molar-refractivity contribution in [1.82, 2.24) is 0 Å². The molecule has 19 heavy (non-hydrogen) atoms. The fourth-order valence-electron chi connectivity index (χ4n) is 2.31. The molecule has 3 rings (SSSR count). The van der Waals surface area contributed by atoms with Crippen molar-refractivity contribution in [3.8, 4) is 5.75 Å². The highest BCUT2D eigenvalue weighted by atomic mass is 16.5. The van der Waals surface area contributed by atoms with Crippen molar-refractivity contribution < 1.29 is 14.3 Å².